The second kappa shape index (κ2) is 10.1. The third-order valence-electron chi connectivity index (χ3n) is 6.07. The lowest BCUT2D eigenvalue weighted by molar-refractivity contribution is 0.556. The first-order valence-electron chi connectivity index (χ1n) is 11.8. The number of piperidine rings is 2. The zero-order valence-electron chi connectivity index (χ0n) is 18.9. The lowest BCUT2D eigenvalue weighted by Crippen LogP contribution is -2.34. The Morgan fingerprint density at radius 1 is 0.824 bits per heavy atom. The highest BCUT2D eigenvalue weighted by molar-refractivity contribution is 5.78. The molecule has 34 heavy (non-hydrogen) atoms. The summed E-state index contributed by atoms with van der Waals surface area (Å²) in [4.78, 5) is 18.3. The summed E-state index contributed by atoms with van der Waals surface area (Å²) in [5.41, 5.74) is 3.07. The second-order valence-corrected chi connectivity index (χ2v) is 8.55. The van der Waals surface area contributed by atoms with Gasteiger partial charge in [-0.3, -0.25) is 0 Å². The van der Waals surface area contributed by atoms with Gasteiger partial charge in [-0.2, -0.15) is 20.1 Å². The normalized spacial score (nSPS) is 16.9. The largest absolute Gasteiger partial charge is 0.455 e. The Bertz CT molecular complexity index is 1120. The minimum absolute atomic E-state index is 0.184. The number of nitrogens with one attached hydrogen (secondary N) is 1. The molecule has 4 heterocycles. The molecule has 0 radical (unpaired) electrons. The molecule has 3 aromatic rings. The van der Waals surface area contributed by atoms with Gasteiger partial charge in [-0.25, -0.2) is 14.2 Å². The molecule has 0 aliphatic carbocycles. The van der Waals surface area contributed by atoms with E-state index in [2.05, 4.69) is 30.3 Å². The Kier molecular flexibility index (Phi) is 6.64. The van der Waals surface area contributed by atoms with Crippen LogP contribution in [0.5, 0.6) is 0 Å². The summed E-state index contributed by atoms with van der Waals surface area (Å²) in [6.07, 6.45) is 8.42. The fourth-order valence-electron chi connectivity index (χ4n) is 4.28. The lowest BCUT2D eigenvalue weighted by atomic mass is 10.1. The van der Waals surface area contributed by atoms with Crippen LogP contribution in [0.25, 0.3) is 11.3 Å². The van der Waals surface area contributed by atoms with Crippen molar-refractivity contribution in [2.75, 3.05) is 41.4 Å². The van der Waals surface area contributed by atoms with E-state index in [1.54, 1.807) is 12.1 Å². The van der Waals surface area contributed by atoms with Crippen LogP contribution in [0, 0.1) is 11.6 Å². The number of hydrogen-bond donors (Lipinski definition) is 1. The molecule has 1 N–H and O–H groups in total. The van der Waals surface area contributed by atoms with E-state index in [9.17, 15) is 8.78 Å². The fraction of sp³-hybridized carbons (Fsp3) is 0.417. The first-order valence-corrected chi connectivity index (χ1v) is 11.8. The molecule has 0 spiro atoms. The Labute approximate surface area is 196 Å². The maximum atomic E-state index is 14.0. The van der Waals surface area contributed by atoms with Crippen molar-refractivity contribution < 1.29 is 13.2 Å². The van der Waals surface area contributed by atoms with Crippen molar-refractivity contribution in [3.63, 3.8) is 0 Å². The van der Waals surface area contributed by atoms with Crippen LogP contribution in [-0.2, 0) is 0 Å². The zero-order chi connectivity index (χ0) is 23.3. The Balaban J connectivity index is 1.33. The van der Waals surface area contributed by atoms with Gasteiger partial charge in [0, 0.05) is 32.2 Å². The first-order chi connectivity index (χ1) is 16.7. The molecule has 2 aromatic heterocycles. The van der Waals surface area contributed by atoms with Crippen molar-refractivity contribution in [3.05, 3.63) is 47.7 Å². The third kappa shape index (κ3) is 5.16. The van der Waals surface area contributed by atoms with E-state index < -0.39 is 11.6 Å². The molecule has 2 saturated heterocycles. The molecule has 2 fully saturated rings. The van der Waals surface area contributed by atoms with Crippen LogP contribution < -0.4 is 15.2 Å². The molecular formula is C24H27F2N7O. The molecule has 10 heteroatoms. The quantitative estimate of drug-likeness (QED) is 0.410. The highest BCUT2D eigenvalue weighted by atomic mass is 19.1. The summed E-state index contributed by atoms with van der Waals surface area (Å²) >= 11 is 0. The van der Waals surface area contributed by atoms with Crippen LogP contribution in [0.15, 0.2) is 39.9 Å². The summed E-state index contributed by atoms with van der Waals surface area (Å²) in [7, 11) is 0. The highest BCUT2D eigenvalue weighted by Crippen LogP contribution is 2.25. The van der Waals surface area contributed by atoms with Gasteiger partial charge in [0.05, 0.1) is 11.8 Å². The van der Waals surface area contributed by atoms with E-state index in [0.29, 0.717) is 29.4 Å². The minimum Gasteiger partial charge on any atom is -0.455 e. The van der Waals surface area contributed by atoms with Crippen molar-refractivity contribution in [3.8, 4) is 11.3 Å². The van der Waals surface area contributed by atoms with Crippen molar-refractivity contribution in [2.24, 2.45) is 5.10 Å². The summed E-state index contributed by atoms with van der Waals surface area (Å²) in [6.45, 7) is 3.73. The standard InChI is InChI=1S/C24H27F2N7O/c25-17-7-9-19(20(26)15-17)21-10-8-18(34-21)16-27-31-22-28-23(32-11-3-1-4-12-32)30-24(29-22)33-13-5-2-6-14-33/h7-10,15-16H,1-6,11-14H2,(H,28,29,30,31)/b27-16-. The minimum atomic E-state index is -0.684. The molecule has 5 rings (SSSR count). The number of anilines is 3. The molecular weight excluding hydrogens is 440 g/mol. The molecule has 0 bridgehead atoms. The van der Waals surface area contributed by atoms with Gasteiger partial charge in [-0.05, 0) is 62.8 Å². The van der Waals surface area contributed by atoms with E-state index in [4.69, 9.17) is 9.40 Å². The molecule has 0 amide bonds. The number of benzene rings is 1. The van der Waals surface area contributed by atoms with Crippen LogP contribution >= 0.6 is 0 Å². The molecule has 8 nitrogen and oxygen atoms in total. The number of hydrazone groups is 1. The smallest absolute Gasteiger partial charge is 0.250 e. The molecule has 2 aliphatic heterocycles. The molecule has 2 aliphatic rings. The summed E-state index contributed by atoms with van der Waals surface area (Å²) < 4.78 is 32.8. The molecule has 178 valence electrons. The van der Waals surface area contributed by atoms with E-state index in [1.807, 2.05) is 0 Å². The topological polar surface area (TPSA) is 82.7 Å². The van der Waals surface area contributed by atoms with E-state index in [-0.39, 0.29) is 5.56 Å². The predicted octanol–water partition coefficient (Wildman–Crippen LogP) is 4.84. The number of halogens is 2. The number of aromatic nitrogens is 3. The fourth-order valence-corrected chi connectivity index (χ4v) is 4.28. The average molecular weight is 468 g/mol. The molecule has 0 saturated carbocycles. The van der Waals surface area contributed by atoms with E-state index in [0.717, 1.165) is 57.9 Å². The summed E-state index contributed by atoms with van der Waals surface area (Å²) in [5.74, 6) is 1.08. The molecule has 0 unspecified atom stereocenters. The van der Waals surface area contributed by atoms with Gasteiger partial charge in [0.2, 0.25) is 17.8 Å². The first kappa shape index (κ1) is 22.2. The van der Waals surface area contributed by atoms with Crippen LogP contribution in [0.3, 0.4) is 0 Å². The number of furan rings is 1. The number of hydrogen-bond acceptors (Lipinski definition) is 8. The van der Waals surface area contributed by atoms with Gasteiger partial charge in [0.15, 0.2) is 0 Å². The van der Waals surface area contributed by atoms with Crippen LogP contribution in [-0.4, -0.2) is 47.3 Å². The summed E-state index contributed by atoms with van der Waals surface area (Å²) in [6, 6.07) is 6.64. The monoisotopic (exact) mass is 467 g/mol. The zero-order valence-corrected chi connectivity index (χ0v) is 18.9. The molecule has 1 aromatic carbocycles. The lowest BCUT2D eigenvalue weighted by Gasteiger charge is -2.30. The maximum absolute atomic E-state index is 14.0. The second-order valence-electron chi connectivity index (χ2n) is 8.55. The Hall–Kier alpha value is -3.56. The average Bonchev–Trinajstić information content (AvgIpc) is 3.33. The third-order valence-corrected chi connectivity index (χ3v) is 6.07. The van der Waals surface area contributed by atoms with Crippen LogP contribution in [0.2, 0.25) is 0 Å². The maximum Gasteiger partial charge on any atom is 0.250 e. The van der Waals surface area contributed by atoms with E-state index >= 15 is 0 Å². The van der Waals surface area contributed by atoms with Crippen molar-refractivity contribution in [1.82, 2.24) is 15.0 Å². The molecule has 0 atom stereocenters. The number of rotatable bonds is 6. The van der Waals surface area contributed by atoms with Crippen LogP contribution in [0.1, 0.15) is 44.3 Å². The van der Waals surface area contributed by atoms with Crippen molar-refractivity contribution in [2.45, 2.75) is 38.5 Å². The van der Waals surface area contributed by atoms with Gasteiger partial charge < -0.3 is 14.2 Å². The van der Waals surface area contributed by atoms with E-state index in [1.165, 1.54) is 31.2 Å². The predicted molar refractivity (Wildman–Crippen MR) is 127 cm³/mol. The highest BCUT2D eigenvalue weighted by Gasteiger charge is 2.20. The van der Waals surface area contributed by atoms with Gasteiger partial charge in [0.1, 0.15) is 23.2 Å². The van der Waals surface area contributed by atoms with Gasteiger partial charge in [-0.1, -0.05) is 0 Å². The van der Waals surface area contributed by atoms with Crippen molar-refractivity contribution >= 4 is 24.1 Å². The van der Waals surface area contributed by atoms with Gasteiger partial charge >= 0.3 is 0 Å². The Morgan fingerprint density at radius 2 is 1.47 bits per heavy atom. The van der Waals surface area contributed by atoms with Gasteiger partial charge in [0.25, 0.3) is 0 Å². The SMILES string of the molecule is Fc1ccc(-c2ccc(/C=N\Nc3nc(N4CCCCC4)nc(N4CCCCC4)n3)o2)c(F)c1. The van der Waals surface area contributed by atoms with Gasteiger partial charge in [-0.15, -0.1) is 0 Å². The van der Waals surface area contributed by atoms with Crippen LogP contribution in [0.4, 0.5) is 26.6 Å². The van der Waals surface area contributed by atoms with Crippen molar-refractivity contribution in [1.29, 1.82) is 0 Å². The number of nitrogens with zero attached hydrogens (tertiary/aromatic N) is 6. The summed E-state index contributed by atoms with van der Waals surface area (Å²) in [5, 5.41) is 4.22. The Morgan fingerprint density at radius 3 is 2.09 bits per heavy atom.